The van der Waals surface area contributed by atoms with Crippen LogP contribution in [0.15, 0.2) is 24.8 Å². The largest absolute Gasteiger partial charge is 0.382 e. The van der Waals surface area contributed by atoms with Crippen molar-refractivity contribution in [1.29, 1.82) is 0 Å². The van der Waals surface area contributed by atoms with Gasteiger partial charge in [0.25, 0.3) is 0 Å². The standard InChI is InChI=1S/C10H13N5/c1-2-4-15-5-3-12-10(15)8-6-14-9(11)7-13-8/h3,5-7H,2,4H2,1H3,(H2,11,14). The molecule has 0 aliphatic rings. The van der Waals surface area contributed by atoms with Crippen molar-refractivity contribution in [3.63, 3.8) is 0 Å². The first kappa shape index (κ1) is 9.64. The Kier molecular flexibility index (Phi) is 2.62. The van der Waals surface area contributed by atoms with Crippen molar-refractivity contribution in [3.8, 4) is 11.5 Å². The minimum absolute atomic E-state index is 0.423. The Morgan fingerprint density at radius 3 is 2.80 bits per heavy atom. The van der Waals surface area contributed by atoms with Crippen LogP contribution in [0.2, 0.25) is 0 Å². The first-order chi connectivity index (χ1) is 7.31. The smallest absolute Gasteiger partial charge is 0.160 e. The fraction of sp³-hybridized carbons (Fsp3) is 0.300. The summed E-state index contributed by atoms with van der Waals surface area (Å²) in [5.74, 6) is 1.26. The number of hydrogen-bond donors (Lipinski definition) is 1. The van der Waals surface area contributed by atoms with Crippen LogP contribution >= 0.6 is 0 Å². The van der Waals surface area contributed by atoms with Gasteiger partial charge >= 0.3 is 0 Å². The molecule has 0 aliphatic carbocycles. The molecule has 0 spiro atoms. The summed E-state index contributed by atoms with van der Waals surface area (Å²) in [5, 5.41) is 0. The summed E-state index contributed by atoms with van der Waals surface area (Å²) in [7, 11) is 0. The van der Waals surface area contributed by atoms with Gasteiger partial charge in [0, 0.05) is 18.9 Å². The monoisotopic (exact) mass is 203 g/mol. The van der Waals surface area contributed by atoms with Crippen molar-refractivity contribution in [2.75, 3.05) is 5.73 Å². The van der Waals surface area contributed by atoms with E-state index in [4.69, 9.17) is 5.73 Å². The molecule has 0 amide bonds. The number of aromatic nitrogens is 4. The zero-order valence-corrected chi connectivity index (χ0v) is 8.59. The first-order valence-corrected chi connectivity index (χ1v) is 4.90. The van der Waals surface area contributed by atoms with Crippen molar-refractivity contribution in [2.45, 2.75) is 19.9 Å². The summed E-state index contributed by atoms with van der Waals surface area (Å²) in [6.45, 7) is 3.06. The fourth-order valence-corrected chi connectivity index (χ4v) is 1.42. The molecule has 2 rings (SSSR count). The van der Waals surface area contributed by atoms with Crippen LogP contribution in [0.5, 0.6) is 0 Å². The van der Waals surface area contributed by atoms with Gasteiger partial charge < -0.3 is 10.3 Å². The van der Waals surface area contributed by atoms with E-state index in [2.05, 4.69) is 26.4 Å². The van der Waals surface area contributed by atoms with Crippen molar-refractivity contribution in [2.24, 2.45) is 0 Å². The van der Waals surface area contributed by atoms with Crippen LogP contribution in [0.3, 0.4) is 0 Å². The molecule has 0 bridgehead atoms. The molecule has 78 valence electrons. The lowest BCUT2D eigenvalue weighted by atomic mass is 10.4. The highest BCUT2D eigenvalue weighted by molar-refractivity contribution is 5.49. The molecule has 2 N–H and O–H groups in total. The second-order valence-corrected chi connectivity index (χ2v) is 3.27. The molecule has 0 radical (unpaired) electrons. The second-order valence-electron chi connectivity index (χ2n) is 3.27. The molecule has 15 heavy (non-hydrogen) atoms. The zero-order chi connectivity index (χ0) is 10.7. The van der Waals surface area contributed by atoms with Gasteiger partial charge in [-0.05, 0) is 6.42 Å². The third-order valence-electron chi connectivity index (χ3n) is 2.08. The predicted molar refractivity (Wildman–Crippen MR) is 58.0 cm³/mol. The van der Waals surface area contributed by atoms with Crippen LogP contribution in [0.25, 0.3) is 11.5 Å². The number of nitrogens with two attached hydrogens (primary N) is 1. The molecule has 2 heterocycles. The van der Waals surface area contributed by atoms with E-state index >= 15 is 0 Å². The van der Waals surface area contributed by atoms with Gasteiger partial charge in [-0.1, -0.05) is 6.92 Å². The molecule has 2 aromatic rings. The number of anilines is 1. The Bertz CT molecular complexity index is 431. The van der Waals surface area contributed by atoms with Crippen LogP contribution in [0, 0.1) is 0 Å². The molecular formula is C10H13N5. The van der Waals surface area contributed by atoms with Gasteiger partial charge in [0.05, 0.1) is 12.4 Å². The van der Waals surface area contributed by atoms with Crippen LogP contribution < -0.4 is 5.73 Å². The molecule has 0 unspecified atom stereocenters. The molecule has 5 nitrogen and oxygen atoms in total. The third kappa shape index (κ3) is 1.96. The number of rotatable bonds is 3. The van der Waals surface area contributed by atoms with E-state index in [0.29, 0.717) is 5.82 Å². The van der Waals surface area contributed by atoms with Gasteiger partial charge in [-0.25, -0.2) is 15.0 Å². The lowest BCUT2D eigenvalue weighted by Gasteiger charge is -2.04. The van der Waals surface area contributed by atoms with E-state index in [0.717, 1.165) is 24.5 Å². The van der Waals surface area contributed by atoms with Crippen LogP contribution in [0.4, 0.5) is 5.82 Å². The van der Waals surface area contributed by atoms with Gasteiger partial charge in [0.1, 0.15) is 11.5 Å². The maximum Gasteiger partial charge on any atom is 0.160 e. The normalized spacial score (nSPS) is 10.5. The Morgan fingerprint density at radius 2 is 2.13 bits per heavy atom. The van der Waals surface area contributed by atoms with E-state index < -0.39 is 0 Å². The minimum atomic E-state index is 0.423. The first-order valence-electron chi connectivity index (χ1n) is 4.90. The van der Waals surface area contributed by atoms with Crippen molar-refractivity contribution in [3.05, 3.63) is 24.8 Å². The summed E-state index contributed by atoms with van der Waals surface area (Å²) >= 11 is 0. The maximum absolute atomic E-state index is 5.48. The maximum atomic E-state index is 5.48. The lowest BCUT2D eigenvalue weighted by molar-refractivity contribution is 0.683. The number of hydrogen-bond acceptors (Lipinski definition) is 4. The van der Waals surface area contributed by atoms with Gasteiger partial charge in [0.2, 0.25) is 0 Å². The summed E-state index contributed by atoms with van der Waals surface area (Å²) in [4.78, 5) is 12.4. The van der Waals surface area contributed by atoms with E-state index in [9.17, 15) is 0 Å². The molecule has 0 aliphatic heterocycles. The highest BCUT2D eigenvalue weighted by atomic mass is 15.1. The molecule has 0 atom stereocenters. The van der Waals surface area contributed by atoms with Crippen LogP contribution in [0.1, 0.15) is 13.3 Å². The van der Waals surface area contributed by atoms with E-state index in [1.165, 1.54) is 0 Å². The van der Waals surface area contributed by atoms with Gasteiger partial charge in [-0.3, -0.25) is 0 Å². The van der Waals surface area contributed by atoms with Gasteiger partial charge in [-0.15, -0.1) is 0 Å². The van der Waals surface area contributed by atoms with Crippen LogP contribution in [-0.2, 0) is 6.54 Å². The van der Waals surface area contributed by atoms with E-state index in [-0.39, 0.29) is 0 Å². The number of nitrogens with zero attached hydrogens (tertiary/aromatic N) is 4. The molecule has 0 fully saturated rings. The Hall–Kier alpha value is -1.91. The molecule has 0 aromatic carbocycles. The number of aryl methyl sites for hydroxylation is 1. The number of nitrogen functional groups attached to an aromatic ring is 1. The highest BCUT2D eigenvalue weighted by Crippen LogP contribution is 2.14. The van der Waals surface area contributed by atoms with Gasteiger partial charge in [-0.2, -0.15) is 0 Å². The average Bonchev–Trinajstić information content (AvgIpc) is 2.68. The number of imidazole rings is 1. The quantitative estimate of drug-likeness (QED) is 0.817. The second kappa shape index (κ2) is 4.08. The average molecular weight is 203 g/mol. The van der Waals surface area contributed by atoms with E-state index in [1.54, 1.807) is 18.6 Å². The van der Waals surface area contributed by atoms with Crippen molar-refractivity contribution in [1.82, 2.24) is 19.5 Å². The molecule has 0 saturated carbocycles. The summed E-state index contributed by atoms with van der Waals surface area (Å²) in [5.41, 5.74) is 6.23. The lowest BCUT2D eigenvalue weighted by Crippen LogP contribution is -2.01. The molecule has 0 saturated heterocycles. The molecule has 5 heteroatoms. The molecule has 2 aromatic heterocycles. The Labute approximate surface area is 88.0 Å². The Morgan fingerprint density at radius 1 is 1.27 bits per heavy atom. The molecular weight excluding hydrogens is 190 g/mol. The Balaban J connectivity index is 2.36. The van der Waals surface area contributed by atoms with Crippen molar-refractivity contribution < 1.29 is 0 Å². The van der Waals surface area contributed by atoms with Gasteiger partial charge in [0.15, 0.2) is 5.82 Å². The zero-order valence-electron chi connectivity index (χ0n) is 8.59. The minimum Gasteiger partial charge on any atom is -0.382 e. The summed E-state index contributed by atoms with van der Waals surface area (Å²) in [6, 6.07) is 0. The third-order valence-corrected chi connectivity index (χ3v) is 2.08. The predicted octanol–water partition coefficient (Wildman–Crippen LogP) is 1.33. The fourth-order valence-electron chi connectivity index (χ4n) is 1.42. The SMILES string of the molecule is CCCn1ccnc1-c1cnc(N)cn1. The summed E-state index contributed by atoms with van der Waals surface area (Å²) in [6.07, 6.45) is 7.95. The summed E-state index contributed by atoms with van der Waals surface area (Å²) < 4.78 is 2.06. The van der Waals surface area contributed by atoms with E-state index in [1.807, 2.05) is 6.20 Å². The van der Waals surface area contributed by atoms with Crippen molar-refractivity contribution >= 4 is 5.82 Å². The highest BCUT2D eigenvalue weighted by Gasteiger charge is 2.06. The topological polar surface area (TPSA) is 69.6 Å². The van der Waals surface area contributed by atoms with Crippen LogP contribution in [-0.4, -0.2) is 19.5 Å².